The highest BCUT2D eigenvalue weighted by atomic mass is 35.5. The Morgan fingerprint density at radius 3 is 2.94 bits per heavy atom. The van der Waals surface area contributed by atoms with Gasteiger partial charge < -0.3 is 5.32 Å². The second kappa shape index (κ2) is 5.15. The highest BCUT2D eigenvalue weighted by Crippen LogP contribution is 2.29. The predicted molar refractivity (Wildman–Crippen MR) is 65.3 cm³/mol. The van der Waals surface area contributed by atoms with Crippen molar-refractivity contribution in [2.75, 3.05) is 7.05 Å². The van der Waals surface area contributed by atoms with Crippen molar-refractivity contribution in [3.05, 3.63) is 34.6 Å². The van der Waals surface area contributed by atoms with E-state index in [-0.39, 0.29) is 5.82 Å². The molecular formula is C13H17ClFN. The highest BCUT2D eigenvalue weighted by molar-refractivity contribution is 6.30. The molecule has 1 nitrogen and oxygen atoms in total. The van der Waals surface area contributed by atoms with E-state index in [1.165, 1.54) is 25.3 Å². The molecule has 0 heterocycles. The Balaban J connectivity index is 2.08. The number of benzene rings is 1. The van der Waals surface area contributed by atoms with Crippen LogP contribution in [0.4, 0.5) is 4.39 Å². The molecule has 1 aliphatic rings. The van der Waals surface area contributed by atoms with E-state index >= 15 is 0 Å². The molecule has 1 aliphatic carbocycles. The average molecular weight is 242 g/mol. The molecule has 2 atom stereocenters. The number of nitrogens with one attached hydrogen (secondary N) is 1. The lowest BCUT2D eigenvalue weighted by atomic mass is 9.94. The maximum absolute atomic E-state index is 13.6. The summed E-state index contributed by atoms with van der Waals surface area (Å²) in [6, 6.07) is 5.52. The van der Waals surface area contributed by atoms with Gasteiger partial charge >= 0.3 is 0 Å². The van der Waals surface area contributed by atoms with Crippen LogP contribution in [-0.4, -0.2) is 13.1 Å². The minimum Gasteiger partial charge on any atom is -0.317 e. The summed E-state index contributed by atoms with van der Waals surface area (Å²) in [5, 5.41) is 3.79. The van der Waals surface area contributed by atoms with Crippen LogP contribution >= 0.6 is 11.6 Å². The number of halogens is 2. The van der Waals surface area contributed by atoms with Crippen LogP contribution < -0.4 is 5.32 Å². The first kappa shape index (κ1) is 11.9. The maximum Gasteiger partial charge on any atom is 0.127 e. The van der Waals surface area contributed by atoms with Crippen LogP contribution in [0.15, 0.2) is 18.2 Å². The summed E-state index contributed by atoms with van der Waals surface area (Å²) < 4.78 is 13.6. The second-order valence-corrected chi connectivity index (χ2v) is 4.96. The van der Waals surface area contributed by atoms with Crippen LogP contribution in [0.1, 0.15) is 24.8 Å². The molecular weight excluding hydrogens is 225 g/mol. The second-order valence-electron chi connectivity index (χ2n) is 4.53. The van der Waals surface area contributed by atoms with Gasteiger partial charge in [0.15, 0.2) is 0 Å². The molecule has 1 saturated carbocycles. The van der Waals surface area contributed by atoms with Gasteiger partial charge in [0.2, 0.25) is 0 Å². The van der Waals surface area contributed by atoms with Crippen LogP contribution in [0.5, 0.6) is 0 Å². The van der Waals surface area contributed by atoms with Crippen LogP contribution in [0.25, 0.3) is 0 Å². The van der Waals surface area contributed by atoms with Gasteiger partial charge in [0.1, 0.15) is 5.82 Å². The SMILES string of the molecule is CNC1CCCC1Cc1ccc(Cl)cc1F. The van der Waals surface area contributed by atoms with Crippen molar-refractivity contribution in [2.24, 2.45) is 5.92 Å². The predicted octanol–water partition coefficient (Wildman–Crippen LogP) is 3.41. The van der Waals surface area contributed by atoms with Gasteiger partial charge in [-0.2, -0.15) is 0 Å². The molecule has 16 heavy (non-hydrogen) atoms. The van der Waals surface area contributed by atoms with Gasteiger partial charge in [0.05, 0.1) is 0 Å². The largest absolute Gasteiger partial charge is 0.317 e. The fourth-order valence-electron chi connectivity index (χ4n) is 2.63. The minimum atomic E-state index is -0.172. The Morgan fingerprint density at radius 1 is 1.44 bits per heavy atom. The first-order chi connectivity index (χ1) is 7.70. The van der Waals surface area contributed by atoms with E-state index in [4.69, 9.17) is 11.6 Å². The van der Waals surface area contributed by atoms with E-state index in [2.05, 4.69) is 5.32 Å². The Bertz CT molecular complexity index is 367. The van der Waals surface area contributed by atoms with Crippen molar-refractivity contribution in [1.82, 2.24) is 5.32 Å². The van der Waals surface area contributed by atoms with Crippen molar-refractivity contribution in [3.8, 4) is 0 Å². The lowest BCUT2D eigenvalue weighted by Crippen LogP contribution is -2.30. The van der Waals surface area contributed by atoms with Gasteiger partial charge in [-0.3, -0.25) is 0 Å². The van der Waals surface area contributed by atoms with Crippen molar-refractivity contribution in [1.29, 1.82) is 0 Å². The third-order valence-electron chi connectivity index (χ3n) is 3.53. The van der Waals surface area contributed by atoms with Crippen LogP contribution in [0.3, 0.4) is 0 Å². The van der Waals surface area contributed by atoms with Crippen molar-refractivity contribution < 1.29 is 4.39 Å². The lowest BCUT2D eigenvalue weighted by Gasteiger charge is -2.19. The topological polar surface area (TPSA) is 12.0 Å². The maximum atomic E-state index is 13.6. The highest BCUT2D eigenvalue weighted by Gasteiger charge is 2.26. The normalized spacial score (nSPS) is 24.9. The minimum absolute atomic E-state index is 0.172. The summed E-state index contributed by atoms with van der Waals surface area (Å²) in [7, 11) is 1.99. The van der Waals surface area contributed by atoms with Gasteiger partial charge in [-0.25, -0.2) is 4.39 Å². The monoisotopic (exact) mass is 241 g/mol. The van der Waals surface area contributed by atoms with E-state index in [1.807, 2.05) is 13.1 Å². The molecule has 0 aromatic heterocycles. The fourth-order valence-corrected chi connectivity index (χ4v) is 2.79. The standard InChI is InChI=1S/C13H17ClFN/c1-16-13-4-2-3-10(13)7-9-5-6-11(14)8-12(9)15/h5-6,8,10,13,16H,2-4,7H2,1H3. The Morgan fingerprint density at radius 2 is 2.25 bits per heavy atom. The first-order valence-electron chi connectivity index (χ1n) is 5.82. The molecule has 1 aromatic rings. The molecule has 0 bridgehead atoms. The third kappa shape index (κ3) is 2.55. The summed E-state index contributed by atoms with van der Waals surface area (Å²) in [5.74, 6) is 0.384. The van der Waals surface area contributed by atoms with E-state index < -0.39 is 0 Å². The van der Waals surface area contributed by atoms with E-state index in [0.29, 0.717) is 17.0 Å². The quantitative estimate of drug-likeness (QED) is 0.855. The van der Waals surface area contributed by atoms with Crippen LogP contribution in [0.2, 0.25) is 5.02 Å². The summed E-state index contributed by atoms with van der Waals surface area (Å²) in [4.78, 5) is 0. The van der Waals surface area contributed by atoms with Crippen molar-refractivity contribution in [2.45, 2.75) is 31.7 Å². The van der Waals surface area contributed by atoms with Crippen molar-refractivity contribution >= 4 is 11.6 Å². The molecule has 1 aromatic carbocycles. The summed E-state index contributed by atoms with van der Waals surface area (Å²) in [6.07, 6.45) is 4.45. The molecule has 0 saturated heterocycles. The first-order valence-corrected chi connectivity index (χ1v) is 6.19. The Labute approximate surface area is 101 Å². The van der Waals surface area contributed by atoms with E-state index in [9.17, 15) is 4.39 Å². The number of rotatable bonds is 3. The smallest absolute Gasteiger partial charge is 0.127 e. The van der Waals surface area contributed by atoms with Crippen LogP contribution in [0, 0.1) is 11.7 Å². The molecule has 0 spiro atoms. The number of hydrogen-bond donors (Lipinski definition) is 1. The third-order valence-corrected chi connectivity index (χ3v) is 3.76. The zero-order valence-corrected chi connectivity index (χ0v) is 10.2. The zero-order valence-electron chi connectivity index (χ0n) is 9.47. The molecule has 2 unspecified atom stereocenters. The van der Waals surface area contributed by atoms with E-state index in [1.54, 1.807) is 6.07 Å². The molecule has 0 aliphatic heterocycles. The fraction of sp³-hybridized carbons (Fsp3) is 0.538. The van der Waals surface area contributed by atoms with E-state index in [0.717, 1.165) is 12.0 Å². The molecule has 1 fully saturated rings. The summed E-state index contributed by atoms with van der Waals surface area (Å²) in [6.45, 7) is 0. The lowest BCUT2D eigenvalue weighted by molar-refractivity contribution is 0.417. The molecule has 88 valence electrons. The van der Waals surface area contributed by atoms with Gasteiger partial charge in [0.25, 0.3) is 0 Å². The Hall–Kier alpha value is -0.600. The van der Waals surface area contributed by atoms with Gasteiger partial charge in [-0.15, -0.1) is 0 Å². The van der Waals surface area contributed by atoms with Crippen LogP contribution in [-0.2, 0) is 6.42 Å². The molecule has 2 rings (SSSR count). The average Bonchev–Trinajstić information content (AvgIpc) is 2.69. The van der Waals surface area contributed by atoms with Crippen molar-refractivity contribution in [3.63, 3.8) is 0 Å². The molecule has 3 heteroatoms. The molecule has 1 N–H and O–H groups in total. The van der Waals surface area contributed by atoms with Gasteiger partial charge in [-0.05, 0) is 49.9 Å². The zero-order chi connectivity index (χ0) is 11.5. The number of hydrogen-bond acceptors (Lipinski definition) is 1. The summed E-state index contributed by atoms with van der Waals surface area (Å²) in [5.41, 5.74) is 0.788. The molecule has 0 radical (unpaired) electrons. The molecule has 0 amide bonds. The van der Waals surface area contributed by atoms with Gasteiger partial charge in [0, 0.05) is 11.1 Å². The van der Waals surface area contributed by atoms with Gasteiger partial charge in [-0.1, -0.05) is 24.1 Å². The Kier molecular flexibility index (Phi) is 3.82. The summed E-state index contributed by atoms with van der Waals surface area (Å²) >= 11 is 5.74.